The minimum Gasteiger partial charge on any atom is -0.462 e. The number of nitrogens with zero attached hydrogens (tertiary/aromatic N) is 1. The third kappa shape index (κ3) is 2.81. The lowest BCUT2D eigenvalue weighted by Gasteiger charge is -2.15. The zero-order valence-corrected chi connectivity index (χ0v) is 14.5. The van der Waals surface area contributed by atoms with Crippen LogP contribution in [0.5, 0.6) is 0 Å². The molecule has 0 N–H and O–H groups in total. The van der Waals surface area contributed by atoms with Gasteiger partial charge in [0, 0.05) is 21.9 Å². The predicted molar refractivity (Wildman–Crippen MR) is 101 cm³/mol. The van der Waals surface area contributed by atoms with Gasteiger partial charge in [-0.3, -0.25) is 0 Å². The quantitative estimate of drug-likeness (QED) is 0.356. The van der Waals surface area contributed by atoms with Crippen molar-refractivity contribution in [1.29, 1.82) is 0 Å². The van der Waals surface area contributed by atoms with Gasteiger partial charge in [-0.1, -0.05) is 36.4 Å². The smallest absolute Gasteiger partial charge is 0.338 e. The fourth-order valence-electron chi connectivity index (χ4n) is 3.29. The molecule has 0 aliphatic heterocycles. The number of carbonyl (C=O) groups is 1. The Morgan fingerprint density at radius 1 is 0.963 bits per heavy atom. The van der Waals surface area contributed by atoms with Crippen LogP contribution < -0.4 is 0 Å². The van der Waals surface area contributed by atoms with E-state index in [9.17, 15) is 13.6 Å². The summed E-state index contributed by atoms with van der Waals surface area (Å²) in [6.07, 6.45) is 0. The van der Waals surface area contributed by atoms with Gasteiger partial charge in [-0.25, -0.2) is 18.6 Å². The van der Waals surface area contributed by atoms with E-state index >= 15 is 0 Å². The predicted octanol–water partition coefficient (Wildman–Crippen LogP) is 5.51. The molecule has 0 unspecified atom stereocenters. The van der Waals surface area contributed by atoms with Crippen LogP contribution in [0.15, 0.2) is 60.7 Å². The third-order valence-corrected chi connectivity index (χ3v) is 4.42. The Morgan fingerprint density at radius 3 is 2.48 bits per heavy atom. The Hall–Kier alpha value is -3.34. The first-order chi connectivity index (χ1) is 13.1. The standard InChI is InChI=1S/C22H15F2NO2/c1-2-27-22(26)15-11-12-17(24)21-20(15)19(13-7-3-5-9-16(13)23)14-8-4-6-10-18(14)25-21/h3-12H,2H2,1H3. The Kier molecular flexibility index (Phi) is 4.28. The highest BCUT2D eigenvalue weighted by Crippen LogP contribution is 2.38. The van der Waals surface area contributed by atoms with Gasteiger partial charge in [0.15, 0.2) is 0 Å². The lowest BCUT2D eigenvalue weighted by Crippen LogP contribution is -2.07. The summed E-state index contributed by atoms with van der Waals surface area (Å²) in [4.78, 5) is 16.9. The molecule has 1 heterocycles. The first-order valence-corrected chi connectivity index (χ1v) is 8.54. The molecular weight excluding hydrogens is 348 g/mol. The van der Waals surface area contributed by atoms with Crippen molar-refractivity contribution in [2.24, 2.45) is 0 Å². The number of benzene rings is 3. The highest BCUT2D eigenvalue weighted by Gasteiger charge is 2.22. The summed E-state index contributed by atoms with van der Waals surface area (Å²) in [5.41, 5.74) is 1.39. The van der Waals surface area contributed by atoms with Gasteiger partial charge in [0.1, 0.15) is 17.2 Å². The fraction of sp³-hybridized carbons (Fsp3) is 0.0909. The van der Waals surface area contributed by atoms with Crippen molar-refractivity contribution in [3.8, 4) is 11.1 Å². The molecule has 3 aromatic carbocycles. The summed E-state index contributed by atoms with van der Waals surface area (Å²) in [6, 6.07) is 15.8. The molecule has 0 atom stereocenters. The van der Waals surface area contributed by atoms with E-state index < -0.39 is 17.6 Å². The molecule has 0 aliphatic rings. The summed E-state index contributed by atoms with van der Waals surface area (Å²) in [7, 11) is 0. The molecule has 0 amide bonds. The molecule has 0 aliphatic carbocycles. The number of para-hydroxylation sites is 1. The van der Waals surface area contributed by atoms with Crippen molar-refractivity contribution in [2.45, 2.75) is 6.92 Å². The van der Waals surface area contributed by atoms with Gasteiger partial charge in [0.2, 0.25) is 0 Å². The molecule has 0 bridgehead atoms. The maximum atomic E-state index is 14.7. The average Bonchev–Trinajstić information content (AvgIpc) is 2.68. The molecular formula is C22H15F2NO2. The molecule has 4 rings (SSSR count). The van der Waals surface area contributed by atoms with E-state index in [1.165, 1.54) is 18.2 Å². The Bertz CT molecular complexity index is 1190. The van der Waals surface area contributed by atoms with Crippen LogP contribution in [0.3, 0.4) is 0 Å². The highest BCUT2D eigenvalue weighted by molar-refractivity contribution is 6.16. The van der Waals surface area contributed by atoms with Crippen molar-refractivity contribution < 1.29 is 18.3 Å². The SMILES string of the molecule is CCOC(=O)c1ccc(F)c2nc3ccccc3c(-c3ccccc3F)c12. The summed E-state index contributed by atoms with van der Waals surface area (Å²) in [5.74, 6) is -1.65. The van der Waals surface area contributed by atoms with Crippen LogP contribution in [-0.4, -0.2) is 17.6 Å². The van der Waals surface area contributed by atoms with Crippen LogP contribution in [0, 0.1) is 11.6 Å². The highest BCUT2D eigenvalue weighted by atomic mass is 19.1. The molecule has 0 saturated carbocycles. The van der Waals surface area contributed by atoms with Gasteiger partial charge in [-0.05, 0) is 31.2 Å². The second-order valence-electron chi connectivity index (χ2n) is 6.02. The minimum atomic E-state index is -0.600. The average molecular weight is 363 g/mol. The van der Waals surface area contributed by atoms with Crippen LogP contribution in [-0.2, 0) is 4.74 Å². The van der Waals surface area contributed by atoms with Crippen molar-refractivity contribution in [3.63, 3.8) is 0 Å². The van der Waals surface area contributed by atoms with Crippen molar-refractivity contribution in [1.82, 2.24) is 4.98 Å². The monoisotopic (exact) mass is 363 g/mol. The fourth-order valence-corrected chi connectivity index (χ4v) is 3.29. The number of ether oxygens (including phenoxy) is 1. The summed E-state index contributed by atoms with van der Waals surface area (Å²) in [5, 5.41) is 0.878. The molecule has 1 aromatic heterocycles. The van der Waals surface area contributed by atoms with Crippen molar-refractivity contribution in [3.05, 3.63) is 77.9 Å². The second kappa shape index (κ2) is 6.76. The largest absolute Gasteiger partial charge is 0.462 e. The number of fused-ring (bicyclic) bond motifs is 2. The van der Waals surface area contributed by atoms with Gasteiger partial charge in [0.25, 0.3) is 0 Å². The lowest BCUT2D eigenvalue weighted by atomic mass is 9.93. The molecule has 0 spiro atoms. The molecule has 3 nitrogen and oxygen atoms in total. The van der Waals surface area contributed by atoms with Gasteiger partial charge in [0.05, 0.1) is 17.7 Å². The summed E-state index contributed by atoms with van der Waals surface area (Å²) in [6.45, 7) is 1.86. The molecule has 0 saturated heterocycles. The molecule has 27 heavy (non-hydrogen) atoms. The first-order valence-electron chi connectivity index (χ1n) is 8.54. The van der Waals surface area contributed by atoms with E-state index in [1.807, 2.05) is 0 Å². The number of aromatic nitrogens is 1. The zero-order valence-electron chi connectivity index (χ0n) is 14.5. The number of pyridine rings is 1. The minimum absolute atomic E-state index is 0.0116. The van der Waals surface area contributed by atoms with Crippen LogP contribution in [0.2, 0.25) is 0 Å². The Balaban J connectivity index is 2.24. The van der Waals surface area contributed by atoms with Crippen molar-refractivity contribution >= 4 is 27.8 Å². The van der Waals surface area contributed by atoms with E-state index in [-0.39, 0.29) is 28.6 Å². The lowest BCUT2D eigenvalue weighted by molar-refractivity contribution is 0.0528. The summed E-state index contributed by atoms with van der Waals surface area (Å²) < 4.78 is 34.4. The topological polar surface area (TPSA) is 39.2 Å². The second-order valence-corrected chi connectivity index (χ2v) is 6.02. The maximum Gasteiger partial charge on any atom is 0.338 e. The van der Waals surface area contributed by atoms with E-state index in [0.717, 1.165) is 0 Å². The van der Waals surface area contributed by atoms with Gasteiger partial charge >= 0.3 is 5.97 Å². The van der Waals surface area contributed by atoms with E-state index in [0.29, 0.717) is 16.5 Å². The number of esters is 1. The van der Waals surface area contributed by atoms with E-state index in [4.69, 9.17) is 4.74 Å². The Labute approximate surface area is 154 Å². The zero-order chi connectivity index (χ0) is 19.0. The molecule has 134 valence electrons. The van der Waals surface area contributed by atoms with Crippen LogP contribution >= 0.6 is 0 Å². The van der Waals surface area contributed by atoms with Crippen LogP contribution in [0.4, 0.5) is 8.78 Å². The van der Waals surface area contributed by atoms with Gasteiger partial charge in [-0.15, -0.1) is 0 Å². The van der Waals surface area contributed by atoms with Gasteiger partial charge in [-0.2, -0.15) is 0 Å². The number of rotatable bonds is 3. The van der Waals surface area contributed by atoms with E-state index in [2.05, 4.69) is 4.98 Å². The van der Waals surface area contributed by atoms with E-state index in [1.54, 1.807) is 49.4 Å². The number of hydrogen-bond acceptors (Lipinski definition) is 3. The number of carbonyl (C=O) groups excluding carboxylic acids is 1. The summed E-state index contributed by atoms with van der Waals surface area (Å²) >= 11 is 0. The molecule has 4 aromatic rings. The molecule has 5 heteroatoms. The maximum absolute atomic E-state index is 14.7. The van der Waals surface area contributed by atoms with Crippen LogP contribution in [0.1, 0.15) is 17.3 Å². The van der Waals surface area contributed by atoms with Crippen molar-refractivity contribution in [2.75, 3.05) is 6.61 Å². The molecule has 0 fully saturated rings. The first kappa shape index (κ1) is 17.1. The molecule has 0 radical (unpaired) electrons. The number of hydrogen-bond donors (Lipinski definition) is 0. The van der Waals surface area contributed by atoms with Gasteiger partial charge < -0.3 is 4.74 Å². The third-order valence-electron chi connectivity index (χ3n) is 4.42. The normalized spacial score (nSPS) is 11.1. The Morgan fingerprint density at radius 2 is 1.70 bits per heavy atom. The number of halogens is 2. The van der Waals surface area contributed by atoms with Crippen LogP contribution in [0.25, 0.3) is 32.9 Å².